The molecule has 0 aromatic carbocycles. The van der Waals surface area contributed by atoms with Crippen molar-refractivity contribution >= 4 is 23.3 Å². The lowest BCUT2D eigenvalue weighted by Crippen LogP contribution is -2.45. The van der Waals surface area contributed by atoms with E-state index in [2.05, 4.69) is 4.98 Å². The van der Waals surface area contributed by atoms with Gasteiger partial charge in [0, 0.05) is 29.9 Å². The average molecular weight is 370 g/mol. The number of aromatic nitrogens is 1. The van der Waals surface area contributed by atoms with E-state index in [9.17, 15) is 4.79 Å². The van der Waals surface area contributed by atoms with Crippen molar-refractivity contribution in [2.45, 2.75) is 37.7 Å². The minimum Gasteiger partial charge on any atom is -0.374 e. The molecule has 26 heavy (non-hydrogen) atoms. The molecule has 0 N–H and O–H groups in total. The summed E-state index contributed by atoms with van der Waals surface area (Å²) in [6.45, 7) is 1.66. The lowest BCUT2D eigenvalue weighted by atomic mass is 10.1. The summed E-state index contributed by atoms with van der Waals surface area (Å²) in [6.07, 6.45) is 8.95. The van der Waals surface area contributed by atoms with E-state index in [1.807, 2.05) is 46.8 Å². The minimum absolute atomic E-state index is 0.0320. The van der Waals surface area contributed by atoms with Crippen molar-refractivity contribution < 1.29 is 14.3 Å². The predicted molar refractivity (Wildman–Crippen MR) is 101 cm³/mol. The van der Waals surface area contributed by atoms with Gasteiger partial charge in [0.15, 0.2) is 0 Å². The number of rotatable bonds is 5. The third-order valence-corrected chi connectivity index (χ3v) is 5.78. The number of hydrogen-bond donors (Lipinski definition) is 0. The summed E-state index contributed by atoms with van der Waals surface area (Å²) >= 11 is 1.62. The lowest BCUT2D eigenvalue weighted by molar-refractivity contribution is -0.130. The van der Waals surface area contributed by atoms with Crippen LogP contribution in [0, 0.1) is 0 Å². The van der Waals surface area contributed by atoms with E-state index in [1.54, 1.807) is 23.6 Å². The Morgan fingerprint density at radius 2 is 2.35 bits per heavy atom. The molecule has 1 amide bonds. The van der Waals surface area contributed by atoms with Crippen molar-refractivity contribution in [3.63, 3.8) is 0 Å². The quantitative estimate of drug-likeness (QED) is 0.759. The minimum atomic E-state index is -0.0863. The van der Waals surface area contributed by atoms with E-state index in [0.717, 1.165) is 23.3 Å². The number of hydrogen-bond acceptors (Lipinski definition) is 5. The number of carbonyl (C=O) groups excluding carboxylic acids is 1. The highest BCUT2D eigenvalue weighted by molar-refractivity contribution is 7.10. The monoisotopic (exact) mass is 370 g/mol. The van der Waals surface area contributed by atoms with E-state index < -0.39 is 0 Å². The molecule has 2 aromatic rings. The first-order chi connectivity index (χ1) is 12.8. The van der Waals surface area contributed by atoms with Gasteiger partial charge in [-0.15, -0.1) is 11.3 Å². The first-order valence-corrected chi connectivity index (χ1v) is 9.83. The van der Waals surface area contributed by atoms with Crippen LogP contribution in [0.4, 0.5) is 0 Å². The van der Waals surface area contributed by atoms with E-state index >= 15 is 0 Å². The molecule has 1 aliphatic heterocycles. The second-order valence-corrected chi connectivity index (χ2v) is 7.55. The second-order valence-electron chi connectivity index (χ2n) is 6.57. The molecule has 1 saturated heterocycles. The Balaban J connectivity index is 1.45. The summed E-state index contributed by atoms with van der Waals surface area (Å²) in [5.74, 6) is 0.0320. The zero-order valence-electron chi connectivity index (χ0n) is 14.5. The number of carbonyl (C=O) groups is 1. The van der Waals surface area contributed by atoms with Crippen LogP contribution in [0.15, 0.2) is 48.1 Å². The van der Waals surface area contributed by atoms with E-state index in [4.69, 9.17) is 9.47 Å². The summed E-state index contributed by atoms with van der Waals surface area (Å²) in [5, 5.41) is 2.01. The Labute approximate surface area is 157 Å². The maximum Gasteiger partial charge on any atom is 0.247 e. The molecular weight excluding hydrogens is 348 g/mol. The normalized spacial score (nSPS) is 25.5. The molecule has 2 fully saturated rings. The molecule has 6 heteroatoms. The van der Waals surface area contributed by atoms with Gasteiger partial charge in [0.1, 0.15) is 6.10 Å². The number of pyridine rings is 1. The molecule has 1 saturated carbocycles. The van der Waals surface area contributed by atoms with Gasteiger partial charge in [0.2, 0.25) is 5.91 Å². The van der Waals surface area contributed by atoms with Crippen molar-refractivity contribution in [3.05, 3.63) is 58.6 Å². The summed E-state index contributed by atoms with van der Waals surface area (Å²) in [7, 11) is 0. The Morgan fingerprint density at radius 3 is 3.15 bits per heavy atom. The van der Waals surface area contributed by atoms with Gasteiger partial charge in [0.25, 0.3) is 0 Å². The Hall–Kier alpha value is -2.02. The fourth-order valence-electron chi connectivity index (χ4n) is 3.69. The fourth-order valence-corrected chi connectivity index (χ4v) is 4.31. The molecule has 3 unspecified atom stereocenters. The summed E-state index contributed by atoms with van der Waals surface area (Å²) in [5.41, 5.74) is 1.03. The molecule has 4 rings (SSSR count). The van der Waals surface area contributed by atoms with Crippen molar-refractivity contribution in [1.29, 1.82) is 0 Å². The Kier molecular flexibility index (Phi) is 5.43. The van der Waals surface area contributed by atoms with Gasteiger partial charge in [-0.25, -0.2) is 0 Å². The standard InChI is InChI=1S/C20H22N2O3S/c23-19(8-5-16-4-2-12-26-16)22-10-11-24-18-7-6-17(22)20(18)25-14-15-3-1-9-21-13-15/h1-5,8-9,12-13,17-18,20H,6-7,10-11,14H2/b8-5+. The predicted octanol–water partition coefficient (Wildman–Crippen LogP) is 3.13. The zero-order chi connectivity index (χ0) is 17.8. The summed E-state index contributed by atoms with van der Waals surface area (Å²) in [4.78, 5) is 19.9. The fraction of sp³-hybridized carbons (Fsp3) is 0.400. The maximum absolute atomic E-state index is 12.8. The molecular formula is C20H22N2O3S. The molecule has 2 aromatic heterocycles. The lowest BCUT2D eigenvalue weighted by Gasteiger charge is -2.30. The van der Waals surface area contributed by atoms with Gasteiger partial charge >= 0.3 is 0 Å². The number of ether oxygens (including phenoxy) is 2. The first kappa shape index (κ1) is 17.4. The largest absolute Gasteiger partial charge is 0.374 e. The van der Waals surface area contributed by atoms with Crippen molar-refractivity contribution in [2.75, 3.05) is 13.2 Å². The number of nitrogens with zero attached hydrogens (tertiary/aromatic N) is 2. The van der Waals surface area contributed by atoms with Crippen LogP contribution in [-0.4, -0.2) is 47.2 Å². The van der Waals surface area contributed by atoms with Crippen LogP contribution in [0.25, 0.3) is 6.08 Å². The molecule has 5 nitrogen and oxygen atoms in total. The highest BCUT2D eigenvalue weighted by Crippen LogP contribution is 2.32. The molecule has 0 spiro atoms. The van der Waals surface area contributed by atoms with Crippen LogP contribution in [0.3, 0.4) is 0 Å². The third-order valence-electron chi connectivity index (χ3n) is 4.94. The zero-order valence-corrected chi connectivity index (χ0v) is 15.3. The molecule has 3 atom stereocenters. The van der Waals surface area contributed by atoms with Crippen LogP contribution >= 0.6 is 11.3 Å². The number of fused-ring (bicyclic) bond motifs is 2. The summed E-state index contributed by atoms with van der Waals surface area (Å²) in [6, 6.07) is 7.96. The smallest absolute Gasteiger partial charge is 0.247 e. The highest BCUT2D eigenvalue weighted by atomic mass is 32.1. The van der Waals surface area contributed by atoms with Gasteiger partial charge in [-0.2, -0.15) is 0 Å². The summed E-state index contributed by atoms with van der Waals surface area (Å²) < 4.78 is 12.2. The van der Waals surface area contributed by atoms with Gasteiger partial charge in [-0.3, -0.25) is 9.78 Å². The van der Waals surface area contributed by atoms with Gasteiger partial charge in [-0.1, -0.05) is 12.1 Å². The van der Waals surface area contributed by atoms with Crippen LogP contribution in [0.1, 0.15) is 23.3 Å². The molecule has 1 aliphatic carbocycles. The van der Waals surface area contributed by atoms with E-state index in [0.29, 0.717) is 19.8 Å². The van der Waals surface area contributed by atoms with Crippen molar-refractivity contribution in [1.82, 2.24) is 9.88 Å². The Morgan fingerprint density at radius 1 is 1.38 bits per heavy atom. The third kappa shape index (κ3) is 3.87. The number of thiophene rings is 1. The van der Waals surface area contributed by atoms with Crippen LogP contribution < -0.4 is 0 Å². The van der Waals surface area contributed by atoms with Crippen LogP contribution in [0.5, 0.6) is 0 Å². The first-order valence-electron chi connectivity index (χ1n) is 8.95. The Bertz CT molecular complexity index is 748. The molecule has 3 heterocycles. The van der Waals surface area contributed by atoms with Crippen molar-refractivity contribution in [3.8, 4) is 0 Å². The van der Waals surface area contributed by atoms with Crippen molar-refractivity contribution in [2.24, 2.45) is 0 Å². The molecule has 2 aliphatic rings. The van der Waals surface area contributed by atoms with Crippen LogP contribution in [-0.2, 0) is 20.9 Å². The average Bonchev–Trinajstić information content (AvgIpc) is 3.27. The van der Waals surface area contributed by atoms with Crippen LogP contribution in [0.2, 0.25) is 0 Å². The highest BCUT2D eigenvalue weighted by Gasteiger charge is 2.44. The molecule has 0 radical (unpaired) electrons. The van der Waals surface area contributed by atoms with E-state index in [1.165, 1.54) is 0 Å². The SMILES string of the molecule is O=C(/C=C/c1cccs1)N1CCOC2CCC1C2OCc1cccnc1. The van der Waals surface area contributed by atoms with E-state index in [-0.39, 0.29) is 24.2 Å². The van der Waals surface area contributed by atoms with Gasteiger partial charge < -0.3 is 14.4 Å². The number of amides is 1. The second kappa shape index (κ2) is 8.12. The topological polar surface area (TPSA) is 51.7 Å². The molecule has 136 valence electrons. The van der Waals surface area contributed by atoms with Gasteiger partial charge in [-0.05, 0) is 42.0 Å². The maximum atomic E-state index is 12.8. The molecule has 2 bridgehead atoms. The van der Waals surface area contributed by atoms with Gasteiger partial charge in [0.05, 0.1) is 25.4 Å².